The second-order valence-corrected chi connectivity index (χ2v) is 4.50. The summed E-state index contributed by atoms with van der Waals surface area (Å²) in [5.41, 5.74) is 0.403. The Morgan fingerprint density at radius 2 is 2.28 bits per heavy atom. The van der Waals surface area contributed by atoms with Crippen LogP contribution < -0.4 is 10.9 Å². The van der Waals surface area contributed by atoms with Gasteiger partial charge in [-0.3, -0.25) is 9.59 Å². The maximum absolute atomic E-state index is 11.6. The van der Waals surface area contributed by atoms with Crippen molar-refractivity contribution in [1.82, 2.24) is 15.0 Å². The highest BCUT2D eigenvalue weighted by molar-refractivity contribution is 9.10. The van der Waals surface area contributed by atoms with Crippen molar-refractivity contribution in [3.05, 3.63) is 51.2 Å². The van der Waals surface area contributed by atoms with Gasteiger partial charge in [-0.1, -0.05) is 5.16 Å². The predicted octanol–water partition coefficient (Wildman–Crippen LogP) is 0.915. The molecule has 0 spiro atoms. The molecule has 0 aliphatic rings. The quantitative estimate of drug-likeness (QED) is 0.910. The SMILES string of the molecule is O=C(Cn1cc(Br)ccc1=O)NCc1ccon1. The summed E-state index contributed by atoms with van der Waals surface area (Å²) in [5, 5.41) is 6.30. The minimum Gasteiger partial charge on any atom is -0.364 e. The molecule has 1 amide bonds. The number of nitrogens with one attached hydrogen (secondary N) is 1. The van der Waals surface area contributed by atoms with Crippen molar-refractivity contribution in [2.75, 3.05) is 0 Å². The van der Waals surface area contributed by atoms with E-state index in [1.54, 1.807) is 18.3 Å². The van der Waals surface area contributed by atoms with Gasteiger partial charge in [0.15, 0.2) is 0 Å². The van der Waals surface area contributed by atoms with Crippen LogP contribution in [0.25, 0.3) is 0 Å². The summed E-state index contributed by atoms with van der Waals surface area (Å²) >= 11 is 3.24. The fourth-order valence-corrected chi connectivity index (χ4v) is 1.73. The van der Waals surface area contributed by atoms with Gasteiger partial charge >= 0.3 is 0 Å². The van der Waals surface area contributed by atoms with Gasteiger partial charge in [-0.25, -0.2) is 0 Å². The van der Waals surface area contributed by atoms with E-state index in [1.165, 1.54) is 16.9 Å². The smallest absolute Gasteiger partial charge is 0.251 e. The Labute approximate surface area is 111 Å². The summed E-state index contributed by atoms with van der Waals surface area (Å²) in [6, 6.07) is 4.69. The van der Waals surface area contributed by atoms with E-state index in [9.17, 15) is 9.59 Å². The van der Waals surface area contributed by atoms with Gasteiger partial charge in [0.05, 0.1) is 6.54 Å². The number of halogens is 1. The summed E-state index contributed by atoms with van der Waals surface area (Å²) in [5.74, 6) is -0.266. The third-order valence-electron chi connectivity index (χ3n) is 2.22. The molecule has 0 saturated heterocycles. The monoisotopic (exact) mass is 311 g/mol. The molecule has 0 aliphatic carbocycles. The highest BCUT2D eigenvalue weighted by Crippen LogP contribution is 2.04. The number of carbonyl (C=O) groups excluding carboxylic acids is 1. The molecule has 0 fully saturated rings. The average molecular weight is 312 g/mol. The van der Waals surface area contributed by atoms with Gasteiger partial charge in [-0.15, -0.1) is 0 Å². The van der Waals surface area contributed by atoms with E-state index in [1.807, 2.05) is 0 Å². The lowest BCUT2D eigenvalue weighted by atomic mass is 10.4. The first-order valence-electron chi connectivity index (χ1n) is 5.17. The molecular formula is C11H10BrN3O3. The van der Waals surface area contributed by atoms with E-state index >= 15 is 0 Å². The van der Waals surface area contributed by atoms with Crippen LogP contribution in [0.3, 0.4) is 0 Å². The maximum atomic E-state index is 11.6. The summed E-state index contributed by atoms with van der Waals surface area (Å²) < 4.78 is 6.70. The minimum absolute atomic E-state index is 0.0316. The predicted molar refractivity (Wildman–Crippen MR) is 66.8 cm³/mol. The summed E-state index contributed by atoms with van der Waals surface area (Å²) in [6.45, 7) is 0.244. The van der Waals surface area contributed by atoms with Crippen molar-refractivity contribution in [2.45, 2.75) is 13.1 Å². The molecule has 0 radical (unpaired) electrons. The third-order valence-corrected chi connectivity index (χ3v) is 2.69. The summed E-state index contributed by atoms with van der Waals surface area (Å²) in [6.07, 6.45) is 3.00. The molecule has 2 rings (SSSR count). The minimum atomic E-state index is -0.266. The van der Waals surface area contributed by atoms with Crippen LogP contribution in [-0.4, -0.2) is 15.6 Å². The Balaban J connectivity index is 1.95. The zero-order chi connectivity index (χ0) is 13.0. The average Bonchev–Trinajstić information content (AvgIpc) is 2.84. The van der Waals surface area contributed by atoms with Crippen LogP contribution in [-0.2, 0) is 17.9 Å². The lowest BCUT2D eigenvalue weighted by Gasteiger charge is -2.06. The van der Waals surface area contributed by atoms with Crippen LogP contribution in [0.2, 0.25) is 0 Å². The number of rotatable bonds is 4. The lowest BCUT2D eigenvalue weighted by Crippen LogP contribution is -2.31. The number of carbonyl (C=O) groups is 1. The van der Waals surface area contributed by atoms with Crippen LogP contribution >= 0.6 is 15.9 Å². The molecule has 0 saturated carbocycles. The van der Waals surface area contributed by atoms with Crippen molar-refractivity contribution < 1.29 is 9.32 Å². The first-order chi connectivity index (χ1) is 8.65. The second-order valence-electron chi connectivity index (χ2n) is 3.58. The van der Waals surface area contributed by atoms with Crippen molar-refractivity contribution in [3.63, 3.8) is 0 Å². The summed E-state index contributed by atoms with van der Waals surface area (Å²) in [7, 11) is 0. The van der Waals surface area contributed by atoms with Crippen molar-refractivity contribution in [2.24, 2.45) is 0 Å². The van der Waals surface area contributed by atoms with Crippen molar-refractivity contribution >= 4 is 21.8 Å². The van der Waals surface area contributed by atoms with Crippen LogP contribution in [0.1, 0.15) is 5.69 Å². The van der Waals surface area contributed by atoms with Gasteiger partial charge in [-0.05, 0) is 22.0 Å². The fraction of sp³-hybridized carbons (Fsp3) is 0.182. The van der Waals surface area contributed by atoms with E-state index in [4.69, 9.17) is 0 Å². The summed E-state index contributed by atoms with van der Waals surface area (Å²) in [4.78, 5) is 23.1. The molecule has 94 valence electrons. The zero-order valence-electron chi connectivity index (χ0n) is 9.30. The van der Waals surface area contributed by atoms with E-state index in [0.717, 1.165) is 4.47 Å². The molecule has 1 N–H and O–H groups in total. The first-order valence-corrected chi connectivity index (χ1v) is 5.96. The Hall–Kier alpha value is -1.89. The van der Waals surface area contributed by atoms with E-state index < -0.39 is 0 Å². The van der Waals surface area contributed by atoms with Crippen LogP contribution in [0.5, 0.6) is 0 Å². The van der Waals surface area contributed by atoms with Gasteiger partial charge in [0.1, 0.15) is 18.5 Å². The molecule has 0 unspecified atom stereocenters. The fourth-order valence-electron chi connectivity index (χ4n) is 1.35. The number of hydrogen-bond acceptors (Lipinski definition) is 4. The molecule has 2 aromatic rings. The zero-order valence-corrected chi connectivity index (χ0v) is 10.9. The van der Waals surface area contributed by atoms with Gasteiger partial charge in [0, 0.05) is 22.8 Å². The third kappa shape index (κ3) is 3.30. The van der Waals surface area contributed by atoms with Crippen LogP contribution in [0, 0.1) is 0 Å². The molecular weight excluding hydrogens is 302 g/mol. The van der Waals surface area contributed by atoms with Gasteiger partial charge in [-0.2, -0.15) is 0 Å². The number of nitrogens with zero attached hydrogens (tertiary/aromatic N) is 2. The molecule has 2 heterocycles. The van der Waals surface area contributed by atoms with E-state index in [2.05, 4.69) is 30.9 Å². The van der Waals surface area contributed by atoms with Crippen LogP contribution in [0.4, 0.5) is 0 Å². The number of amides is 1. The molecule has 7 heteroatoms. The molecule has 18 heavy (non-hydrogen) atoms. The standard InChI is InChI=1S/C11H10BrN3O3/c12-8-1-2-11(17)15(6-8)7-10(16)13-5-9-3-4-18-14-9/h1-4,6H,5,7H2,(H,13,16). The second kappa shape index (κ2) is 5.63. The molecule has 0 bridgehead atoms. The normalized spacial score (nSPS) is 10.3. The highest BCUT2D eigenvalue weighted by atomic mass is 79.9. The Morgan fingerprint density at radius 3 is 3.00 bits per heavy atom. The van der Waals surface area contributed by atoms with E-state index in [0.29, 0.717) is 5.69 Å². The van der Waals surface area contributed by atoms with E-state index in [-0.39, 0.29) is 24.6 Å². The Bertz CT molecular complexity index is 592. The van der Waals surface area contributed by atoms with Gasteiger partial charge in [0.2, 0.25) is 5.91 Å². The number of aromatic nitrogens is 2. The topological polar surface area (TPSA) is 77.1 Å². The molecule has 0 aliphatic heterocycles. The molecule has 6 nitrogen and oxygen atoms in total. The molecule has 0 atom stereocenters. The number of hydrogen-bond donors (Lipinski definition) is 1. The highest BCUT2D eigenvalue weighted by Gasteiger charge is 2.05. The Kier molecular flexibility index (Phi) is 3.93. The maximum Gasteiger partial charge on any atom is 0.251 e. The van der Waals surface area contributed by atoms with Crippen LogP contribution in [0.15, 0.2) is 44.4 Å². The molecule has 0 aromatic carbocycles. The van der Waals surface area contributed by atoms with Crippen molar-refractivity contribution in [1.29, 1.82) is 0 Å². The van der Waals surface area contributed by atoms with Crippen molar-refractivity contribution in [3.8, 4) is 0 Å². The first kappa shape index (κ1) is 12.6. The number of pyridine rings is 1. The van der Waals surface area contributed by atoms with Gasteiger partial charge in [0.25, 0.3) is 5.56 Å². The Morgan fingerprint density at radius 1 is 1.44 bits per heavy atom. The molecule has 2 aromatic heterocycles. The van der Waals surface area contributed by atoms with Gasteiger partial charge < -0.3 is 14.4 Å². The lowest BCUT2D eigenvalue weighted by molar-refractivity contribution is -0.121. The largest absolute Gasteiger partial charge is 0.364 e.